The molecule has 0 spiro atoms. The van der Waals surface area contributed by atoms with Crippen molar-refractivity contribution >= 4 is 17.4 Å². The van der Waals surface area contributed by atoms with E-state index in [0.29, 0.717) is 18.5 Å². The average Bonchev–Trinajstić information content (AvgIpc) is 3.39. The molecule has 2 aromatic carbocycles. The molecule has 1 aliphatic rings. The van der Waals surface area contributed by atoms with Crippen LogP contribution in [0.15, 0.2) is 42.5 Å². The topological polar surface area (TPSA) is 81.0 Å². The van der Waals surface area contributed by atoms with Crippen LogP contribution in [0.1, 0.15) is 41.4 Å². The maximum absolute atomic E-state index is 12.9. The molecule has 1 unspecified atom stereocenters. The molecule has 10 heteroatoms. The van der Waals surface area contributed by atoms with E-state index in [1.165, 1.54) is 19.1 Å². The number of amides is 1. The van der Waals surface area contributed by atoms with Crippen molar-refractivity contribution in [3.63, 3.8) is 0 Å². The number of carbonyl (C=O) groups is 2. The summed E-state index contributed by atoms with van der Waals surface area (Å²) in [5.74, 6) is -0.325. The minimum atomic E-state index is -4.49. The van der Waals surface area contributed by atoms with Crippen LogP contribution in [0.4, 0.5) is 18.9 Å². The number of anilines is 1. The molecular formula is C21H18F3N5O2. The lowest BCUT2D eigenvalue weighted by atomic mass is 10.0. The molecule has 1 aromatic heterocycles. The third-order valence-corrected chi connectivity index (χ3v) is 5.24. The Morgan fingerprint density at radius 3 is 2.61 bits per heavy atom. The van der Waals surface area contributed by atoms with Gasteiger partial charge >= 0.3 is 6.18 Å². The summed E-state index contributed by atoms with van der Waals surface area (Å²) in [5.41, 5.74) is 1.48. The van der Waals surface area contributed by atoms with E-state index in [0.717, 1.165) is 28.2 Å². The van der Waals surface area contributed by atoms with Crippen molar-refractivity contribution in [2.75, 3.05) is 11.4 Å². The molecule has 0 radical (unpaired) electrons. The third kappa shape index (κ3) is 3.92. The standard InChI is InChI=1S/C21H18F3N5O2/c1-12(19(31)15-6-7-18-14(10-15)8-9-28(18)13(2)30)29-26-20(25-27-29)16-4-3-5-17(11-16)21(22,23)24/h3-7,10-12H,8-9H2,1-2H3. The first kappa shape index (κ1) is 20.7. The van der Waals surface area contributed by atoms with Crippen molar-refractivity contribution < 1.29 is 22.8 Å². The number of carbonyl (C=O) groups excluding carboxylic acids is 2. The van der Waals surface area contributed by atoms with Crippen LogP contribution in [0.25, 0.3) is 11.4 Å². The van der Waals surface area contributed by atoms with Crippen LogP contribution < -0.4 is 4.90 Å². The molecule has 1 atom stereocenters. The number of hydrogen-bond donors (Lipinski definition) is 0. The number of halogens is 3. The lowest BCUT2D eigenvalue weighted by Gasteiger charge is -2.15. The Hall–Kier alpha value is -3.56. The smallest absolute Gasteiger partial charge is 0.312 e. The second kappa shape index (κ2) is 7.60. The normalized spacial score (nSPS) is 14.4. The number of hydrogen-bond acceptors (Lipinski definition) is 5. The highest BCUT2D eigenvalue weighted by atomic mass is 19.4. The molecule has 0 fully saturated rings. The Bertz CT molecular complexity index is 1170. The molecular weight excluding hydrogens is 411 g/mol. The fourth-order valence-electron chi connectivity index (χ4n) is 3.57. The van der Waals surface area contributed by atoms with E-state index in [-0.39, 0.29) is 23.1 Å². The van der Waals surface area contributed by atoms with Gasteiger partial charge in [-0.3, -0.25) is 9.59 Å². The molecule has 0 saturated carbocycles. The Labute approximate surface area is 175 Å². The Morgan fingerprint density at radius 2 is 1.90 bits per heavy atom. The van der Waals surface area contributed by atoms with Crippen LogP contribution in [0, 0.1) is 0 Å². The Kier molecular flexibility index (Phi) is 5.08. The molecule has 2 heterocycles. The van der Waals surface area contributed by atoms with Gasteiger partial charge in [-0.2, -0.15) is 18.0 Å². The second-order valence-electron chi connectivity index (χ2n) is 7.32. The van der Waals surface area contributed by atoms with Crippen molar-refractivity contribution in [2.24, 2.45) is 0 Å². The quantitative estimate of drug-likeness (QED) is 0.591. The summed E-state index contributed by atoms with van der Waals surface area (Å²) in [6.07, 6.45) is -3.83. The van der Waals surface area contributed by atoms with E-state index in [1.807, 2.05) is 0 Å². The summed E-state index contributed by atoms with van der Waals surface area (Å²) in [4.78, 5) is 27.4. The molecule has 31 heavy (non-hydrogen) atoms. The van der Waals surface area contributed by atoms with Crippen LogP contribution in [0.3, 0.4) is 0 Å². The van der Waals surface area contributed by atoms with E-state index < -0.39 is 17.8 Å². The van der Waals surface area contributed by atoms with E-state index in [1.54, 1.807) is 30.0 Å². The number of aromatic nitrogens is 4. The summed E-state index contributed by atoms with van der Waals surface area (Å²) in [7, 11) is 0. The number of tetrazole rings is 1. The van der Waals surface area contributed by atoms with Gasteiger partial charge in [0.15, 0.2) is 5.78 Å². The maximum Gasteiger partial charge on any atom is 0.416 e. The SMILES string of the molecule is CC(=O)N1CCc2cc(C(=O)C(C)n3nnc(-c4cccc(C(F)(F)F)c4)n3)ccc21. The van der Waals surface area contributed by atoms with Gasteiger partial charge in [0.05, 0.1) is 5.56 Å². The van der Waals surface area contributed by atoms with Gasteiger partial charge in [-0.15, -0.1) is 10.2 Å². The maximum atomic E-state index is 12.9. The highest BCUT2D eigenvalue weighted by Gasteiger charge is 2.31. The molecule has 160 valence electrons. The molecule has 1 aliphatic heterocycles. The van der Waals surface area contributed by atoms with E-state index in [2.05, 4.69) is 15.4 Å². The molecule has 4 rings (SSSR count). The summed E-state index contributed by atoms with van der Waals surface area (Å²) >= 11 is 0. The molecule has 0 N–H and O–H groups in total. The lowest BCUT2D eigenvalue weighted by molar-refractivity contribution is -0.137. The zero-order valence-corrected chi connectivity index (χ0v) is 16.7. The van der Waals surface area contributed by atoms with Crippen molar-refractivity contribution in [2.45, 2.75) is 32.5 Å². The highest BCUT2D eigenvalue weighted by Crippen LogP contribution is 2.32. The first-order valence-electron chi connectivity index (χ1n) is 9.57. The first-order chi connectivity index (χ1) is 14.6. The summed E-state index contributed by atoms with van der Waals surface area (Å²) in [5, 5.41) is 11.8. The summed E-state index contributed by atoms with van der Waals surface area (Å²) in [6.45, 7) is 3.66. The van der Waals surface area contributed by atoms with Crippen LogP contribution >= 0.6 is 0 Å². The van der Waals surface area contributed by atoms with Gasteiger partial charge in [0, 0.05) is 30.3 Å². The predicted octanol–water partition coefficient (Wildman–Crippen LogP) is 3.71. The third-order valence-electron chi connectivity index (χ3n) is 5.24. The zero-order chi connectivity index (χ0) is 22.3. The van der Waals surface area contributed by atoms with Gasteiger partial charge in [0.1, 0.15) is 6.04 Å². The zero-order valence-electron chi connectivity index (χ0n) is 16.7. The number of Topliss-reactive ketones (excluding diaryl/α,β-unsaturated/α-hetero) is 1. The molecule has 0 aliphatic carbocycles. The van der Waals surface area contributed by atoms with Crippen LogP contribution in [-0.4, -0.2) is 38.4 Å². The molecule has 0 saturated heterocycles. The second-order valence-corrected chi connectivity index (χ2v) is 7.32. The lowest BCUT2D eigenvalue weighted by Crippen LogP contribution is -2.25. The van der Waals surface area contributed by atoms with E-state index in [9.17, 15) is 22.8 Å². The molecule has 0 bridgehead atoms. The van der Waals surface area contributed by atoms with Gasteiger partial charge in [-0.1, -0.05) is 12.1 Å². The van der Waals surface area contributed by atoms with Gasteiger partial charge in [-0.05, 0) is 54.5 Å². The van der Waals surface area contributed by atoms with Crippen LogP contribution in [0.5, 0.6) is 0 Å². The van der Waals surface area contributed by atoms with Gasteiger partial charge in [-0.25, -0.2) is 0 Å². The van der Waals surface area contributed by atoms with E-state index in [4.69, 9.17) is 0 Å². The van der Waals surface area contributed by atoms with Crippen LogP contribution in [-0.2, 0) is 17.4 Å². The van der Waals surface area contributed by atoms with Crippen molar-refractivity contribution in [1.29, 1.82) is 0 Å². The fraction of sp³-hybridized carbons (Fsp3) is 0.286. The van der Waals surface area contributed by atoms with Crippen LogP contribution in [0.2, 0.25) is 0 Å². The number of benzene rings is 2. The highest BCUT2D eigenvalue weighted by molar-refractivity contribution is 6.00. The minimum Gasteiger partial charge on any atom is -0.312 e. The van der Waals surface area contributed by atoms with Gasteiger partial charge in [0.25, 0.3) is 0 Å². The number of nitrogens with zero attached hydrogens (tertiary/aromatic N) is 5. The molecule has 7 nitrogen and oxygen atoms in total. The first-order valence-corrected chi connectivity index (χ1v) is 9.57. The average molecular weight is 429 g/mol. The van der Waals surface area contributed by atoms with E-state index >= 15 is 0 Å². The summed E-state index contributed by atoms with van der Waals surface area (Å²) < 4.78 is 38.8. The molecule has 1 amide bonds. The monoisotopic (exact) mass is 429 g/mol. The fourth-order valence-corrected chi connectivity index (χ4v) is 3.57. The van der Waals surface area contributed by atoms with Crippen molar-refractivity contribution in [3.05, 3.63) is 59.2 Å². The summed E-state index contributed by atoms with van der Waals surface area (Å²) in [6, 6.07) is 8.94. The Balaban J connectivity index is 1.56. The van der Waals surface area contributed by atoms with Gasteiger partial charge < -0.3 is 4.90 Å². The van der Waals surface area contributed by atoms with Crippen molar-refractivity contribution in [1.82, 2.24) is 20.2 Å². The predicted molar refractivity (Wildman–Crippen MR) is 105 cm³/mol. The number of ketones is 1. The Morgan fingerprint density at radius 1 is 1.13 bits per heavy atom. The molecule has 3 aromatic rings. The largest absolute Gasteiger partial charge is 0.416 e. The number of rotatable bonds is 4. The number of alkyl halides is 3. The van der Waals surface area contributed by atoms with Gasteiger partial charge in [0.2, 0.25) is 11.7 Å². The number of fused-ring (bicyclic) bond motifs is 1. The van der Waals surface area contributed by atoms with Crippen molar-refractivity contribution in [3.8, 4) is 11.4 Å². The minimum absolute atomic E-state index is 0.00296.